The lowest BCUT2D eigenvalue weighted by atomic mass is 9.97. The van der Waals surface area contributed by atoms with Gasteiger partial charge in [0.15, 0.2) is 0 Å². The van der Waals surface area contributed by atoms with Crippen LogP contribution in [0.25, 0.3) is 0 Å². The number of hydrogen-bond donors (Lipinski definition) is 0. The average molecular weight is 185 g/mol. The summed E-state index contributed by atoms with van der Waals surface area (Å²) in [5, 5.41) is 0. The summed E-state index contributed by atoms with van der Waals surface area (Å²) >= 11 is 0. The van der Waals surface area contributed by atoms with Crippen LogP contribution in [-0.4, -0.2) is 36.6 Å². The second-order valence-corrected chi connectivity index (χ2v) is 3.66. The van der Waals surface area contributed by atoms with Crippen LogP contribution in [0.5, 0.6) is 0 Å². The largest absolute Gasteiger partial charge is 0.381 e. The molecule has 0 bridgehead atoms. The molecule has 0 aliphatic carbocycles. The lowest BCUT2D eigenvalue weighted by molar-refractivity contribution is -0.134. The van der Waals surface area contributed by atoms with E-state index in [-0.39, 0.29) is 5.91 Å². The van der Waals surface area contributed by atoms with Gasteiger partial charge in [-0.05, 0) is 19.3 Å². The number of ether oxygens (including phenoxy) is 1. The van der Waals surface area contributed by atoms with E-state index in [1.54, 1.807) is 14.0 Å². The minimum absolute atomic E-state index is 0.196. The van der Waals surface area contributed by atoms with Gasteiger partial charge >= 0.3 is 0 Å². The number of methoxy groups -OCH3 is 1. The molecule has 76 valence electrons. The highest BCUT2D eigenvalue weighted by atomic mass is 16.5. The predicted molar refractivity (Wildman–Crippen MR) is 51.5 cm³/mol. The highest BCUT2D eigenvalue weighted by Crippen LogP contribution is 2.21. The van der Waals surface area contributed by atoms with Gasteiger partial charge in [0.2, 0.25) is 5.91 Å². The van der Waals surface area contributed by atoms with Crippen LogP contribution >= 0.6 is 0 Å². The van der Waals surface area contributed by atoms with Crippen molar-refractivity contribution in [1.82, 2.24) is 4.90 Å². The van der Waals surface area contributed by atoms with Crippen molar-refractivity contribution in [3.05, 3.63) is 0 Å². The molecule has 2 unspecified atom stereocenters. The molecule has 1 aliphatic heterocycles. The van der Waals surface area contributed by atoms with Crippen molar-refractivity contribution < 1.29 is 9.53 Å². The summed E-state index contributed by atoms with van der Waals surface area (Å²) in [4.78, 5) is 13.2. The zero-order valence-corrected chi connectivity index (χ0v) is 8.75. The molecule has 0 spiro atoms. The Hall–Kier alpha value is -0.570. The van der Waals surface area contributed by atoms with Gasteiger partial charge in [0, 0.05) is 26.6 Å². The molecule has 0 aromatic rings. The Bertz CT molecular complexity index is 182. The van der Waals surface area contributed by atoms with Gasteiger partial charge in [-0.3, -0.25) is 4.79 Å². The average Bonchev–Trinajstić information content (AvgIpc) is 2.16. The van der Waals surface area contributed by atoms with Gasteiger partial charge in [-0.15, -0.1) is 0 Å². The lowest BCUT2D eigenvalue weighted by Crippen LogP contribution is -2.46. The fourth-order valence-electron chi connectivity index (χ4n) is 2.03. The zero-order valence-electron chi connectivity index (χ0n) is 8.75. The van der Waals surface area contributed by atoms with E-state index in [0.717, 1.165) is 25.8 Å². The van der Waals surface area contributed by atoms with E-state index >= 15 is 0 Å². The number of carbonyl (C=O) groups excluding carboxylic acids is 1. The zero-order chi connectivity index (χ0) is 9.84. The Morgan fingerprint density at radius 1 is 1.62 bits per heavy atom. The van der Waals surface area contributed by atoms with Crippen molar-refractivity contribution in [2.24, 2.45) is 0 Å². The molecule has 0 N–H and O–H groups in total. The van der Waals surface area contributed by atoms with Gasteiger partial charge in [0.05, 0.1) is 6.10 Å². The minimum atomic E-state index is 0.196. The molecule has 2 atom stereocenters. The van der Waals surface area contributed by atoms with Crippen LogP contribution in [0.1, 0.15) is 33.1 Å². The van der Waals surface area contributed by atoms with Crippen LogP contribution in [-0.2, 0) is 9.53 Å². The fourth-order valence-corrected chi connectivity index (χ4v) is 2.03. The molecule has 1 fully saturated rings. The van der Waals surface area contributed by atoms with E-state index in [1.165, 1.54) is 0 Å². The molecule has 1 heterocycles. The second kappa shape index (κ2) is 4.61. The van der Waals surface area contributed by atoms with E-state index < -0.39 is 0 Å². The summed E-state index contributed by atoms with van der Waals surface area (Å²) < 4.78 is 5.31. The van der Waals surface area contributed by atoms with E-state index in [9.17, 15) is 4.79 Å². The molecule has 0 aromatic carbocycles. The standard InChI is InChI=1S/C10H19NO2/c1-4-9-7-10(13-3)5-6-11(9)8(2)12/h9-10H,4-7H2,1-3H3. The van der Waals surface area contributed by atoms with Crippen molar-refractivity contribution >= 4 is 5.91 Å². The molecule has 3 nitrogen and oxygen atoms in total. The highest BCUT2D eigenvalue weighted by molar-refractivity contribution is 5.73. The van der Waals surface area contributed by atoms with Crippen molar-refractivity contribution in [3.63, 3.8) is 0 Å². The first kappa shape index (κ1) is 10.5. The van der Waals surface area contributed by atoms with Crippen LogP contribution in [0.4, 0.5) is 0 Å². The van der Waals surface area contributed by atoms with Crippen molar-refractivity contribution in [3.8, 4) is 0 Å². The Balaban J connectivity index is 2.55. The van der Waals surface area contributed by atoms with Gasteiger partial charge in [0.1, 0.15) is 0 Å². The molecule has 1 saturated heterocycles. The number of carbonyl (C=O) groups is 1. The first-order valence-corrected chi connectivity index (χ1v) is 4.99. The van der Waals surface area contributed by atoms with Crippen LogP contribution in [0.3, 0.4) is 0 Å². The summed E-state index contributed by atoms with van der Waals surface area (Å²) in [5.74, 6) is 0.196. The molecule has 1 aliphatic rings. The minimum Gasteiger partial charge on any atom is -0.381 e. The molecule has 0 radical (unpaired) electrons. The van der Waals surface area contributed by atoms with Gasteiger partial charge < -0.3 is 9.64 Å². The van der Waals surface area contributed by atoms with E-state index in [1.807, 2.05) is 4.90 Å². The SMILES string of the molecule is CCC1CC(OC)CCN1C(C)=O. The lowest BCUT2D eigenvalue weighted by Gasteiger charge is -2.38. The number of rotatable bonds is 2. The van der Waals surface area contributed by atoms with Gasteiger partial charge in [-0.2, -0.15) is 0 Å². The highest BCUT2D eigenvalue weighted by Gasteiger charge is 2.28. The third kappa shape index (κ3) is 2.44. The number of hydrogen-bond acceptors (Lipinski definition) is 2. The van der Waals surface area contributed by atoms with Crippen molar-refractivity contribution in [2.45, 2.75) is 45.3 Å². The molecule has 1 rings (SSSR count). The van der Waals surface area contributed by atoms with Crippen molar-refractivity contribution in [1.29, 1.82) is 0 Å². The first-order valence-electron chi connectivity index (χ1n) is 4.99. The first-order chi connectivity index (χ1) is 6.19. The van der Waals surface area contributed by atoms with Gasteiger partial charge in [0.25, 0.3) is 0 Å². The fraction of sp³-hybridized carbons (Fsp3) is 0.900. The number of likely N-dealkylation sites (tertiary alicyclic amines) is 1. The molecule has 1 amide bonds. The molecular weight excluding hydrogens is 166 g/mol. The topological polar surface area (TPSA) is 29.5 Å². The maximum atomic E-state index is 11.2. The maximum absolute atomic E-state index is 11.2. The van der Waals surface area contributed by atoms with Gasteiger partial charge in [-0.1, -0.05) is 6.92 Å². The monoisotopic (exact) mass is 185 g/mol. The van der Waals surface area contributed by atoms with E-state index in [2.05, 4.69) is 6.92 Å². The predicted octanol–water partition coefficient (Wildman–Crippen LogP) is 1.42. The van der Waals surface area contributed by atoms with Crippen molar-refractivity contribution in [2.75, 3.05) is 13.7 Å². The normalized spacial score (nSPS) is 29.0. The van der Waals surface area contributed by atoms with Gasteiger partial charge in [-0.25, -0.2) is 0 Å². The Labute approximate surface area is 80.1 Å². The van der Waals surface area contributed by atoms with Crippen LogP contribution in [0.15, 0.2) is 0 Å². The number of nitrogens with zero attached hydrogens (tertiary/aromatic N) is 1. The van der Waals surface area contributed by atoms with E-state index in [4.69, 9.17) is 4.74 Å². The second-order valence-electron chi connectivity index (χ2n) is 3.66. The van der Waals surface area contributed by atoms with Crippen LogP contribution < -0.4 is 0 Å². The molecule has 13 heavy (non-hydrogen) atoms. The third-order valence-electron chi connectivity index (χ3n) is 2.88. The van der Waals surface area contributed by atoms with Crippen LogP contribution in [0.2, 0.25) is 0 Å². The molecule has 3 heteroatoms. The summed E-state index contributed by atoms with van der Waals surface area (Å²) in [5.41, 5.74) is 0. The maximum Gasteiger partial charge on any atom is 0.219 e. The third-order valence-corrected chi connectivity index (χ3v) is 2.88. The quantitative estimate of drug-likeness (QED) is 0.651. The Morgan fingerprint density at radius 2 is 2.31 bits per heavy atom. The Morgan fingerprint density at radius 3 is 2.77 bits per heavy atom. The van der Waals surface area contributed by atoms with E-state index in [0.29, 0.717) is 12.1 Å². The van der Waals surface area contributed by atoms with Crippen LogP contribution in [0, 0.1) is 0 Å². The summed E-state index contributed by atoms with van der Waals surface area (Å²) in [6.45, 7) is 4.63. The summed E-state index contributed by atoms with van der Waals surface area (Å²) in [6.07, 6.45) is 3.35. The number of amides is 1. The molecular formula is C10H19NO2. The Kier molecular flexibility index (Phi) is 3.72. The molecule has 0 saturated carbocycles. The summed E-state index contributed by atoms with van der Waals surface area (Å²) in [7, 11) is 1.75. The number of piperidine rings is 1. The molecule has 0 aromatic heterocycles. The summed E-state index contributed by atoms with van der Waals surface area (Å²) in [6, 6.07) is 0.385. The smallest absolute Gasteiger partial charge is 0.219 e.